The van der Waals surface area contributed by atoms with Crippen LogP contribution in [0.25, 0.3) is 22.0 Å². The van der Waals surface area contributed by atoms with Gasteiger partial charge in [0.1, 0.15) is 12.4 Å². The Kier molecular flexibility index (Phi) is 4.63. The van der Waals surface area contributed by atoms with Crippen molar-refractivity contribution in [3.8, 4) is 16.9 Å². The second-order valence-electron chi connectivity index (χ2n) is 4.83. The topological polar surface area (TPSA) is 57.4 Å². The predicted octanol–water partition coefficient (Wildman–Crippen LogP) is 3.21. The maximum Gasteiger partial charge on any atom is 0.120 e. The van der Waals surface area contributed by atoms with Gasteiger partial charge in [0.05, 0.1) is 18.9 Å². The molecule has 0 aliphatic carbocycles. The third-order valence-corrected chi connectivity index (χ3v) is 3.39. The van der Waals surface area contributed by atoms with E-state index in [0.717, 1.165) is 27.8 Å². The fourth-order valence-corrected chi connectivity index (χ4v) is 2.39. The number of rotatable bonds is 6. The number of hydrogen-bond acceptors (Lipinski definition) is 4. The highest BCUT2D eigenvalue weighted by molar-refractivity contribution is 5.93. The first kappa shape index (κ1) is 14.5. The van der Waals surface area contributed by atoms with Gasteiger partial charge in [-0.25, -0.2) is 0 Å². The van der Waals surface area contributed by atoms with Crippen LogP contribution >= 0.6 is 0 Å². The Bertz CT molecular complexity index is 753. The van der Waals surface area contributed by atoms with Crippen LogP contribution < -0.4 is 10.5 Å². The summed E-state index contributed by atoms with van der Waals surface area (Å²) in [6.45, 7) is 1.18. The maximum atomic E-state index is 5.68. The molecule has 3 rings (SSSR count). The minimum Gasteiger partial charge on any atom is -0.491 e. The molecule has 2 aromatic carbocycles. The molecule has 4 nitrogen and oxygen atoms in total. The lowest BCUT2D eigenvalue weighted by molar-refractivity contribution is 0.105. The highest BCUT2D eigenvalue weighted by atomic mass is 16.5. The zero-order valence-corrected chi connectivity index (χ0v) is 12.2. The fourth-order valence-electron chi connectivity index (χ4n) is 2.39. The van der Waals surface area contributed by atoms with E-state index in [1.165, 1.54) is 0 Å². The van der Waals surface area contributed by atoms with E-state index >= 15 is 0 Å². The van der Waals surface area contributed by atoms with Crippen LogP contribution in [0.2, 0.25) is 0 Å². The Hall–Kier alpha value is -2.43. The summed E-state index contributed by atoms with van der Waals surface area (Å²) in [7, 11) is 0. The Morgan fingerprint density at radius 1 is 0.955 bits per heavy atom. The van der Waals surface area contributed by atoms with Gasteiger partial charge in [0.25, 0.3) is 0 Å². The van der Waals surface area contributed by atoms with Gasteiger partial charge in [-0.2, -0.15) is 0 Å². The number of hydrogen-bond donors (Lipinski definition) is 1. The van der Waals surface area contributed by atoms with Crippen molar-refractivity contribution in [2.45, 2.75) is 0 Å². The SMILES string of the molecule is NCOCCOc1cccc(-c2cccc3cccnc23)c1. The first-order valence-corrected chi connectivity index (χ1v) is 7.23. The lowest BCUT2D eigenvalue weighted by Crippen LogP contribution is -2.11. The first-order chi connectivity index (χ1) is 10.9. The monoisotopic (exact) mass is 294 g/mol. The van der Waals surface area contributed by atoms with E-state index in [4.69, 9.17) is 15.2 Å². The molecule has 0 unspecified atom stereocenters. The summed E-state index contributed by atoms with van der Waals surface area (Å²) in [4.78, 5) is 4.50. The zero-order chi connectivity index (χ0) is 15.2. The molecule has 0 spiro atoms. The third kappa shape index (κ3) is 3.24. The third-order valence-electron chi connectivity index (χ3n) is 3.39. The quantitative estimate of drug-likeness (QED) is 0.560. The van der Waals surface area contributed by atoms with Gasteiger partial charge in [0.2, 0.25) is 0 Å². The highest BCUT2D eigenvalue weighted by Crippen LogP contribution is 2.29. The molecule has 0 saturated heterocycles. The molecule has 0 fully saturated rings. The molecule has 0 bridgehead atoms. The average molecular weight is 294 g/mol. The smallest absolute Gasteiger partial charge is 0.120 e. The molecule has 0 aliphatic rings. The van der Waals surface area contributed by atoms with E-state index in [1.807, 2.05) is 36.5 Å². The van der Waals surface area contributed by atoms with E-state index in [2.05, 4.69) is 29.2 Å². The van der Waals surface area contributed by atoms with Crippen LogP contribution in [0.4, 0.5) is 0 Å². The minimum atomic E-state index is 0.213. The molecule has 0 aliphatic heterocycles. The standard InChI is InChI=1S/C18H18N2O2/c19-13-21-10-11-22-16-7-1-5-15(12-16)17-8-2-4-14-6-3-9-20-18(14)17/h1-9,12H,10-11,13,19H2. The molecular formula is C18H18N2O2. The second kappa shape index (κ2) is 7.02. The van der Waals surface area contributed by atoms with Gasteiger partial charge in [-0.15, -0.1) is 0 Å². The van der Waals surface area contributed by atoms with Crippen molar-refractivity contribution in [1.82, 2.24) is 4.98 Å². The van der Waals surface area contributed by atoms with Crippen LogP contribution in [0.5, 0.6) is 5.75 Å². The Labute approximate surface area is 129 Å². The van der Waals surface area contributed by atoms with Crippen molar-refractivity contribution in [3.05, 3.63) is 60.8 Å². The number of nitrogens with zero attached hydrogens (tertiary/aromatic N) is 1. The normalized spacial score (nSPS) is 10.8. The van der Waals surface area contributed by atoms with Crippen molar-refractivity contribution in [2.75, 3.05) is 19.9 Å². The maximum absolute atomic E-state index is 5.68. The number of nitrogens with two attached hydrogens (primary N) is 1. The van der Waals surface area contributed by atoms with Crippen LogP contribution in [0.15, 0.2) is 60.8 Å². The van der Waals surface area contributed by atoms with Crippen molar-refractivity contribution in [3.63, 3.8) is 0 Å². The minimum absolute atomic E-state index is 0.213. The fraction of sp³-hybridized carbons (Fsp3) is 0.167. The number of para-hydroxylation sites is 1. The van der Waals surface area contributed by atoms with E-state index in [-0.39, 0.29) is 6.73 Å². The summed E-state index contributed by atoms with van der Waals surface area (Å²) in [6.07, 6.45) is 1.82. The Morgan fingerprint density at radius 3 is 2.73 bits per heavy atom. The number of aromatic nitrogens is 1. The van der Waals surface area contributed by atoms with Crippen molar-refractivity contribution in [1.29, 1.82) is 0 Å². The Morgan fingerprint density at radius 2 is 1.82 bits per heavy atom. The van der Waals surface area contributed by atoms with Crippen molar-refractivity contribution < 1.29 is 9.47 Å². The lowest BCUT2D eigenvalue weighted by Gasteiger charge is -2.09. The lowest BCUT2D eigenvalue weighted by atomic mass is 10.0. The van der Waals surface area contributed by atoms with Crippen LogP contribution in [0, 0.1) is 0 Å². The molecule has 2 N–H and O–H groups in total. The molecule has 0 saturated carbocycles. The van der Waals surface area contributed by atoms with Gasteiger partial charge in [0.15, 0.2) is 0 Å². The summed E-state index contributed by atoms with van der Waals surface area (Å²) in [5.74, 6) is 0.811. The van der Waals surface area contributed by atoms with Crippen LogP contribution in [0.3, 0.4) is 0 Å². The van der Waals surface area contributed by atoms with E-state index in [9.17, 15) is 0 Å². The van der Waals surface area contributed by atoms with Gasteiger partial charge in [-0.05, 0) is 23.8 Å². The largest absolute Gasteiger partial charge is 0.491 e. The average Bonchev–Trinajstić information content (AvgIpc) is 2.58. The summed E-state index contributed by atoms with van der Waals surface area (Å²) in [5, 5.41) is 1.13. The molecule has 1 aromatic heterocycles. The molecule has 0 amide bonds. The molecule has 3 aromatic rings. The van der Waals surface area contributed by atoms with E-state index in [1.54, 1.807) is 0 Å². The van der Waals surface area contributed by atoms with E-state index < -0.39 is 0 Å². The van der Waals surface area contributed by atoms with Crippen LogP contribution in [-0.2, 0) is 4.74 Å². The summed E-state index contributed by atoms with van der Waals surface area (Å²) >= 11 is 0. The molecule has 0 atom stereocenters. The van der Waals surface area contributed by atoms with Crippen LogP contribution in [-0.4, -0.2) is 24.9 Å². The zero-order valence-electron chi connectivity index (χ0n) is 12.2. The molecule has 4 heteroatoms. The number of ether oxygens (including phenoxy) is 2. The molecule has 22 heavy (non-hydrogen) atoms. The molecule has 0 radical (unpaired) electrons. The first-order valence-electron chi connectivity index (χ1n) is 7.23. The second-order valence-corrected chi connectivity index (χ2v) is 4.83. The van der Waals surface area contributed by atoms with Crippen molar-refractivity contribution >= 4 is 10.9 Å². The number of benzene rings is 2. The van der Waals surface area contributed by atoms with E-state index in [0.29, 0.717) is 13.2 Å². The summed E-state index contributed by atoms with van der Waals surface area (Å²) < 4.78 is 10.8. The molecule has 1 heterocycles. The number of pyridine rings is 1. The molecule has 112 valence electrons. The summed E-state index contributed by atoms with van der Waals surface area (Å²) in [5.41, 5.74) is 8.45. The molecular weight excluding hydrogens is 276 g/mol. The van der Waals surface area contributed by atoms with Gasteiger partial charge < -0.3 is 15.2 Å². The predicted molar refractivity (Wildman–Crippen MR) is 87.7 cm³/mol. The van der Waals surface area contributed by atoms with Gasteiger partial charge in [-0.1, -0.05) is 36.4 Å². The number of fused-ring (bicyclic) bond motifs is 1. The highest BCUT2D eigenvalue weighted by Gasteiger charge is 2.05. The van der Waals surface area contributed by atoms with Gasteiger partial charge in [0, 0.05) is 17.1 Å². The summed E-state index contributed by atoms with van der Waals surface area (Å²) in [6, 6.07) is 18.2. The van der Waals surface area contributed by atoms with Crippen molar-refractivity contribution in [2.24, 2.45) is 5.73 Å². The van der Waals surface area contributed by atoms with Gasteiger partial charge >= 0.3 is 0 Å². The Balaban J connectivity index is 1.87. The van der Waals surface area contributed by atoms with Gasteiger partial charge in [-0.3, -0.25) is 4.98 Å². The van der Waals surface area contributed by atoms with Crippen LogP contribution in [0.1, 0.15) is 0 Å².